The maximum atomic E-state index is 13.9. The molecule has 0 saturated heterocycles. The van der Waals surface area contributed by atoms with E-state index in [-0.39, 0.29) is 43.7 Å². The zero-order valence-corrected chi connectivity index (χ0v) is 26.6. The van der Waals surface area contributed by atoms with Crippen molar-refractivity contribution in [2.45, 2.75) is 71.8 Å². The molecule has 0 atom stereocenters. The molecule has 9 nitrogen and oxygen atoms in total. The zero-order valence-electron chi connectivity index (χ0n) is 26.6. The summed E-state index contributed by atoms with van der Waals surface area (Å²) in [5, 5.41) is 3.05. The summed E-state index contributed by atoms with van der Waals surface area (Å²) in [6.45, 7) is 9.62. The molecule has 45 heavy (non-hydrogen) atoms. The van der Waals surface area contributed by atoms with Gasteiger partial charge in [-0.1, -0.05) is 24.3 Å². The third-order valence-corrected chi connectivity index (χ3v) is 7.65. The number of nitrogens with one attached hydrogen (secondary N) is 1. The number of alkyl halides is 3. The highest BCUT2D eigenvalue weighted by atomic mass is 19.4. The van der Waals surface area contributed by atoms with Gasteiger partial charge >= 0.3 is 12.3 Å². The van der Waals surface area contributed by atoms with Crippen LogP contribution in [-0.4, -0.2) is 83.6 Å². The first-order valence-electron chi connectivity index (χ1n) is 15.4. The third kappa shape index (κ3) is 9.27. The SMILES string of the molecule is CC(C)N(CCN(Cc1ccccc1C(F)(F)F)C(=O)CNc1cccc2c1C(=O)N(CC1CC1)CCO2)C(=O)OC(C)(C)C. The first-order valence-corrected chi connectivity index (χ1v) is 15.4. The van der Waals surface area contributed by atoms with E-state index in [9.17, 15) is 27.6 Å². The van der Waals surface area contributed by atoms with Crippen LogP contribution in [0, 0.1) is 5.92 Å². The van der Waals surface area contributed by atoms with Crippen LogP contribution in [0.15, 0.2) is 42.5 Å². The van der Waals surface area contributed by atoms with Gasteiger partial charge in [-0.3, -0.25) is 9.59 Å². The molecule has 0 spiro atoms. The van der Waals surface area contributed by atoms with E-state index in [1.807, 2.05) is 0 Å². The number of hydrogen-bond acceptors (Lipinski definition) is 6. The molecular weight excluding hydrogens is 589 g/mol. The second kappa shape index (κ2) is 14.0. The Morgan fingerprint density at radius 2 is 1.78 bits per heavy atom. The second-order valence-electron chi connectivity index (χ2n) is 12.8. The molecule has 2 aromatic rings. The Morgan fingerprint density at radius 1 is 1.07 bits per heavy atom. The molecule has 0 aromatic heterocycles. The van der Waals surface area contributed by atoms with Crippen molar-refractivity contribution in [3.63, 3.8) is 0 Å². The lowest BCUT2D eigenvalue weighted by atomic mass is 10.1. The predicted octanol–water partition coefficient (Wildman–Crippen LogP) is 6.04. The molecule has 1 saturated carbocycles. The number of anilines is 1. The van der Waals surface area contributed by atoms with Gasteiger partial charge in [0.25, 0.3) is 5.91 Å². The van der Waals surface area contributed by atoms with Gasteiger partial charge < -0.3 is 29.5 Å². The molecule has 0 radical (unpaired) electrons. The van der Waals surface area contributed by atoms with Gasteiger partial charge in [-0.25, -0.2) is 4.79 Å². The molecule has 1 N–H and O–H groups in total. The van der Waals surface area contributed by atoms with Crippen molar-refractivity contribution in [2.24, 2.45) is 5.92 Å². The van der Waals surface area contributed by atoms with E-state index in [4.69, 9.17) is 9.47 Å². The number of fused-ring (bicyclic) bond motifs is 1. The van der Waals surface area contributed by atoms with E-state index >= 15 is 0 Å². The second-order valence-corrected chi connectivity index (χ2v) is 12.8. The fourth-order valence-corrected chi connectivity index (χ4v) is 5.16. The van der Waals surface area contributed by atoms with Gasteiger partial charge in [0.1, 0.15) is 23.5 Å². The van der Waals surface area contributed by atoms with E-state index in [2.05, 4.69) is 5.32 Å². The average molecular weight is 633 g/mol. The van der Waals surface area contributed by atoms with Crippen molar-refractivity contribution in [3.05, 3.63) is 59.2 Å². The van der Waals surface area contributed by atoms with Crippen LogP contribution < -0.4 is 10.1 Å². The fourth-order valence-electron chi connectivity index (χ4n) is 5.16. The lowest BCUT2D eigenvalue weighted by molar-refractivity contribution is -0.139. The highest BCUT2D eigenvalue weighted by molar-refractivity contribution is 6.03. The first kappa shape index (κ1) is 33.9. The van der Waals surface area contributed by atoms with Crippen LogP contribution in [0.4, 0.5) is 23.7 Å². The maximum Gasteiger partial charge on any atom is 0.416 e. The van der Waals surface area contributed by atoms with E-state index in [1.165, 1.54) is 28.0 Å². The fraction of sp³-hybridized carbons (Fsp3) is 0.545. The Balaban J connectivity index is 1.56. The number of amides is 3. The van der Waals surface area contributed by atoms with Crippen molar-refractivity contribution in [3.8, 4) is 5.75 Å². The standard InChI is InChI=1S/C33H43F3N4O5/c1-22(2)40(31(43)45-32(3,4)5)16-15-38(21-24-9-6-7-10-25(24)33(34,35)36)28(41)19-37-26-11-8-12-27-29(26)30(42)39(17-18-44-27)20-23-13-14-23/h6-12,22-23,37H,13-21H2,1-5H3. The highest BCUT2D eigenvalue weighted by Crippen LogP contribution is 2.35. The van der Waals surface area contributed by atoms with E-state index < -0.39 is 29.3 Å². The molecule has 1 heterocycles. The van der Waals surface area contributed by atoms with Crippen LogP contribution >= 0.6 is 0 Å². The molecule has 0 unspecified atom stereocenters. The van der Waals surface area contributed by atoms with Crippen LogP contribution in [0.3, 0.4) is 0 Å². The number of rotatable bonds is 11. The zero-order chi connectivity index (χ0) is 32.9. The van der Waals surface area contributed by atoms with Gasteiger partial charge in [-0.05, 0) is 77.1 Å². The lowest BCUT2D eigenvalue weighted by Gasteiger charge is -2.32. The third-order valence-electron chi connectivity index (χ3n) is 7.65. The van der Waals surface area contributed by atoms with Crippen molar-refractivity contribution >= 4 is 23.6 Å². The van der Waals surface area contributed by atoms with Crippen LogP contribution in [0.2, 0.25) is 0 Å². The van der Waals surface area contributed by atoms with Gasteiger partial charge in [-0.15, -0.1) is 0 Å². The first-order chi connectivity index (χ1) is 21.1. The summed E-state index contributed by atoms with van der Waals surface area (Å²) in [5.74, 6) is 0.202. The minimum Gasteiger partial charge on any atom is -0.491 e. The molecule has 246 valence electrons. The molecule has 1 aliphatic heterocycles. The van der Waals surface area contributed by atoms with E-state index in [0.29, 0.717) is 42.6 Å². The lowest BCUT2D eigenvalue weighted by Crippen LogP contribution is -2.46. The number of hydrogen-bond donors (Lipinski definition) is 1. The summed E-state index contributed by atoms with van der Waals surface area (Å²) in [6.07, 6.45) is -3.03. The minimum absolute atomic E-state index is 0.0374. The monoisotopic (exact) mass is 632 g/mol. The van der Waals surface area contributed by atoms with Crippen molar-refractivity contribution in [1.29, 1.82) is 0 Å². The van der Waals surface area contributed by atoms with Crippen LogP contribution in [0.5, 0.6) is 5.75 Å². The summed E-state index contributed by atoms with van der Waals surface area (Å²) in [6, 6.07) is 9.93. The smallest absolute Gasteiger partial charge is 0.416 e. The molecule has 3 amide bonds. The maximum absolute atomic E-state index is 13.9. The van der Waals surface area contributed by atoms with Crippen molar-refractivity contribution < 1.29 is 37.0 Å². The topological polar surface area (TPSA) is 91.4 Å². The summed E-state index contributed by atoms with van der Waals surface area (Å²) >= 11 is 0. The van der Waals surface area contributed by atoms with Crippen LogP contribution in [0.25, 0.3) is 0 Å². The molecule has 1 aliphatic carbocycles. The van der Waals surface area contributed by atoms with Gasteiger partial charge in [-0.2, -0.15) is 13.2 Å². The highest BCUT2D eigenvalue weighted by Gasteiger charge is 2.35. The summed E-state index contributed by atoms with van der Waals surface area (Å²) < 4.78 is 53.0. The Bertz CT molecular complexity index is 1370. The Morgan fingerprint density at radius 3 is 2.42 bits per heavy atom. The van der Waals surface area contributed by atoms with Gasteiger partial charge in [0, 0.05) is 32.2 Å². The Hall–Kier alpha value is -3.96. The molecule has 12 heteroatoms. The number of halogens is 3. The summed E-state index contributed by atoms with van der Waals surface area (Å²) in [5.41, 5.74) is -0.927. The number of nitrogens with zero attached hydrogens (tertiary/aromatic N) is 3. The number of carbonyl (C=O) groups excluding carboxylic acids is 3. The van der Waals surface area contributed by atoms with E-state index in [0.717, 1.165) is 18.9 Å². The van der Waals surface area contributed by atoms with Crippen molar-refractivity contribution in [1.82, 2.24) is 14.7 Å². The predicted molar refractivity (Wildman–Crippen MR) is 164 cm³/mol. The van der Waals surface area contributed by atoms with Gasteiger partial charge in [0.15, 0.2) is 0 Å². The van der Waals surface area contributed by atoms with Crippen LogP contribution in [0.1, 0.15) is 68.9 Å². The number of benzene rings is 2. The Labute approximate surface area is 262 Å². The summed E-state index contributed by atoms with van der Waals surface area (Å²) in [4.78, 5) is 44.7. The molecule has 2 aliphatic rings. The quantitative estimate of drug-likeness (QED) is 0.325. The summed E-state index contributed by atoms with van der Waals surface area (Å²) in [7, 11) is 0. The largest absolute Gasteiger partial charge is 0.491 e. The average Bonchev–Trinajstić information content (AvgIpc) is 3.78. The van der Waals surface area contributed by atoms with Crippen LogP contribution in [-0.2, 0) is 22.3 Å². The van der Waals surface area contributed by atoms with E-state index in [1.54, 1.807) is 57.7 Å². The van der Waals surface area contributed by atoms with Gasteiger partial charge in [0.05, 0.1) is 24.3 Å². The number of carbonyl (C=O) groups is 3. The molecular formula is C33H43F3N4O5. The number of ether oxygens (including phenoxy) is 2. The normalized spacial score (nSPS) is 15.2. The minimum atomic E-state index is -4.61. The Kier molecular flexibility index (Phi) is 10.5. The van der Waals surface area contributed by atoms with Gasteiger partial charge in [0.2, 0.25) is 5.91 Å². The molecule has 1 fully saturated rings. The molecule has 0 bridgehead atoms. The van der Waals surface area contributed by atoms with Crippen molar-refractivity contribution in [2.75, 3.05) is 44.6 Å². The molecule has 2 aromatic carbocycles. The molecule has 4 rings (SSSR count).